The Hall–Kier alpha value is -1.20. The SMILES string of the molecule is CN(C)C1CCCN(c2ncnc3sccc23)C1. The fraction of sp³-hybridized carbons (Fsp3) is 0.538. The van der Waals surface area contributed by atoms with Crippen LogP contribution in [0, 0.1) is 0 Å². The van der Waals surface area contributed by atoms with E-state index in [0.29, 0.717) is 6.04 Å². The smallest absolute Gasteiger partial charge is 0.140 e. The number of aromatic nitrogens is 2. The molecule has 5 heteroatoms. The number of hydrogen-bond donors (Lipinski definition) is 0. The Kier molecular flexibility index (Phi) is 3.18. The fourth-order valence-corrected chi connectivity index (χ4v) is 3.32. The van der Waals surface area contributed by atoms with Gasteiger partial charge in [-0.2, -0.15) is 0 Å². The van der Waals surface area contributed by atoms with Crippen molar-refractivity contribution in [1.29, 1.82) is 0 Å². The van der Waals surface area contributed by atoms with E-state index in [1.807, 2.05) is 0 Å². The first kappa shape index (κ1) is 11.9. The molecule has 96 valence electrons. The molecule has 1 fully saturated rings. The van der Waals surface area contributed by atoms with Gasteiger partial charge in [0.25, 0.3) is 0 Å². The number of piperidine rings is 1. The largest absolute Gasteiger partial charge is 0.354 e. The third kappa shape index (κ3) is 2.08. The van der Waals surface area contributed by atoms with Crippen molar-refractivity contribution in [3.05, 3.63) is 17.8 Å². The summed E-state index contributed by atoms with van der Waals surface area (Å²) in [6.45, 7) is 2.17. The molecule has 0 radical (unpaired) electrons. The zero-order valence-electron chi connectivity index (χ0n) is 10.8. The number of nitrogens with zero attached hydrogens (tertiary/aromatic N) is 4. The second-order valence-electron chi connectivity index (χ2n) is 5.04. The summed E-state index contributed by atoms with van der Waals surface area (Å²) in [5.74, 6) is 1.10. The highest BCUT2D eigenvalue weighted by molar-refractivity contribution is 7.16. The van der Waals surface area contributed by atoms with Crippen molar-refractivity contribution < 1.29 is 0 Å². The Morgan fingerprint density at radius 3 is 3.11 bits per heavy atom. The maximum Gasteiger partial charge on any atom is 0.140 e. The Balaban J connectivity index is 1.92. The molecule has 0 N–H and O–H groups in total. The number of likely N-dealkylation sites (N-methyl/N-ethyl adjacent to an activating group) is 1. The van der Waals surface area contributed by atoms with Crippen LogP contribution in [-0.2, 0) is 0 Å². The molecule has 18 heavy (non-hydrogen) atoms. The van der Waals surface area contributed by atoms with Gasteiger partial charge in [0, 0.05) is 19.1 Å². The predicted octanol–water partition coefficient (Wildman–Crippen LogP) is 2.22. The minimum absolute atomic E-state index is 0.627. The highest BCUT2D eigenvalue weighted by Crippen LogP contribution is 2.29. The van der Waals surface area contributed by atoms with Gasteiger partial charge in [-0.05, 0) is 38.4 Å². The van der Waals surface area contributed by atoms with Gasteiger partial charge in [-0.15, -0.1) is 11.3 Å². The van der Waals surface area contributed by atoms with Crippen LogP contribution in [0.2, 0.25) is 0 Å². The molecule has 0 aromatic carbocycles. The van der Waals surface area contributed by atoms with Crippen LogP contribution >= 0.6 is 11.3 Å². The van der Waals surface area contributed by atoms with Gasteiger partial charge in [-0.1, -0.05) is 0 Å². The van der Waals surface area contributed by atoms with Crippen LogP contribution in [0.5, 0.6) is 0 Å². The van der Waals surface area contributed by atoms with Crippen LogP contribution in [0.1, 0.15) is 12.8 Å². The number of fused-ring (bicyclic) bond motifs is 1. The summed E-state index contributed by atoms with van der Waals surface area (Å²) in [6.07, 6.45) is 4.20. The summed E-state index contributed by atoms with van der Waals surface area (Å²) >= 11 is 1.68. The Morgan fingerprint density at radius 2 is 2.28 bits per heavy atom. The van der Waals surface area contributed by atoms with Gasteiger partial charge in [0.15, 0.2) is 0 Å². The zero-order valence-corrected chi connectivity index (χ0v) is 11.7. The van der Waals surface area contributed by atoms with Crippen molar-refractivity contribution in [2.45, 2.75) is 18.9 Å². The number of anilines is 1. The van der Waals surface area contributed by atoms with Crippen molar-refractivity contribution in [3.8, 4) is 0 Å². The molecule has 1 atom stereocenters. The van der Waals surface area contributed by atoms with Crippen molar-refractivity contribution in [2.24, 2.45) is 0 Å². The Morgan fingerprint density at radius 1 is 1.39 bits per heavy atom. The van der Waals surface area contributed by atoms with E-state index in [1.54, 1.807) is 17.7 Å². The minimum atomic E-state index is 0.627. The quantitative estimate of drug-likeness (QED) is 0.830. The second-order valence-corrected chi connectivity index (χ2v) is 5.94. The molecule has 0 aliphatic carbocycles. The summed E-state index contributed by atoms with van der Waals surface area (Å²) in [4.78, 5) is 14.6. The van der Waals surface area contributed by atoms with Crippen molar-refractivity contribution >= 4 is 27.4 Å². The first-order valence-electron chi connectivity index (χ1n) is 6.35. The van der Waals surface area contributed by atoms with E-state index in [0.717, 1.165) is 23.7 Å². The molecular formula is C13H18N4S. The molecule has 0 spiro atoms. The van der Waals surface area contributed by atoms with E-state index in [-0.39, 0.29) is 0 Å². The summed E-state index contributed by atoms with van der Waals surface area (Å²) < 4.78 is 0. The molecule has 3 rings (SSSR count). The summed E-state index contributed by atoms with van der Waals surface area (Å²) in [6, 6.07) is 2.76. The van der Waals surface area contributed by atoms with Crippen molar-refractivity contribution in [3.63, 3.8) is 0 Å². The van der Waals surface area contributed by atoms with E-state index < -0.39 is 0 Å². The van der Waals surface area contributed by atoms with Crippen LogP contribution in [0.25, 0.3) is 10.2 Å². The highest BCUT2D eigenvalue weighted by Gasteiger charge is 2.23. The lowest BCUT2D eigenvalue weighted by Gasteiger charge is -2.36. The standard InChI is InChI=1S/C13H18N4S/c1-16(2)10-4-3-6-17(8-10)12-11-5-7-18-13(11)15-9-14-12/h5,7,9-10H,3-4,6,8H2,1-2H3. The molecule has 0 bridgehead atoms. The molecule has 1 saturated heterocycles. The number of hydrogen-bond acceptors (Lipinski definition) is 5. The monoisotopic (exact) mass is 262 g/mol. The van der Waals surface area contributed by atoms with Crippen molar-refractivity contribution in [1.82, 2.24) is 14.9 Å². The third-order valence-corrected chi connectivity index (χ3v) is 4.49. The van der Waals surface area contributed by atoms with Crippen LogP contribution in [0.4, 0.5) is 5.82 Å². The topological polar surface area (TPSA) is 32.3 Å². The molecule has 1 aliphatic rings. The minimum Gasteiger partial charge on any atom is -0.354 e. The van der Waals surface area contributed by atoms with E-state index in [4.69, 9.17) is 0 Å². The Labute approximate surface area is 111 Å². The van der Waals surface area contributed by atoms with Gasteiger partial charge in [0.05, 0.1) is 5.39 Å². The second kappa shape index (κ2) is 4.82. The molecule has 0 saturated carbocycles. The summed E-state index contributed by atoms with van der Waals surface area (Å²) in [5, 5.41) is 3.29. The first-order valence-corrected chi connectivity index (χ1v) is 7.23. The van der Waals surface area contributed by atoms with E-state index in [2.05, 4.69) is 45.3 Å². The lowest BCUT2D eigenvalue weighted by Crippen LogP contribution is -2.45. The van der Waals surface area contributed by atoms with Crippen LogP contribution < -0.4 is 4.90 Å². The average Bonchev–Trinajstić information content (AvgIpc) is 2.87. The lowest BCUT2D eigenvalue weighted by atomic mass is 10.0. The van der Waals surface area contributed by atoms with Crippen LogP contribution in [0.3, 0.4) is 0 Å². The van der Waals surface area contributed by atoms with Gasteiger partial charge in [-0.3, -0.25) is 0 Å². The third-order valence-electron chi connectivity index (χ3n) is 3.67. The molecule has 0 amide bonds. The predicted molar refractivity (Wildman–Crippen MR) is 76.3 cm³/mol. The Bertz CT molecular complexity index is 537. The van der Waals surface area contributed by atoms with E-state index in [1.165, 1.54) is 18.2 Å². The van der Waals surface area contributed by atoms with E-state index in [9.17, 15) is 0 Å². The van der Waals surface area contributed by atoms with Crippen molar-refractivity contribution in [2.75, 3.05) is 32.1 Å². The molecular weight excluding hydrogens is 244 g/mol. The molecule has 4 nitrogen and oxygen atoms in total. The highest BCUT2D eigenvalue weighted by atomic mass is 32.1. The molecule has 3 heterocycles. The van der Waals surface area contributed by atoms with Crippen LogP contribution in [0.15, 0.2) is 17.8 Å². The lowest BCUT2D eigenvalue weighted by molar-refractivity contribution is 0.257. The zero-order chi connectivity index (χ0) is 12.5. The van der Waals surface area contributed by atoms with Gasteiger partial charge < -0.3 is 9.80 Å². The molecule has 1 unspecified atom stereocenters. The number of rotatable bonds is 2. The average molecular weight is 262 g/mol. The van der Waals surface area contributed by atoms with E-state index >= 15 is 0 Å². The van der Waals surface area contributed by atoms with Gasteiger partial charge in [0.2, 0.25) is 0 Å². The van der Waals surface area contributed by atoms with Gasteiger partial charge >= 0.3 is 0 Å². The van der Waals surface area contributed by atoms with Gasteiger partial charge in [0.1, 0.15) is 17.0 Å². The van der Waals surface area contributed by atoms with Gasteiger partial charge in [-0.25, -0.2) is 9.97 Å². The first-order chi connectivity index (χ1) is 8.75. The maximum atomic E-state index is 4.50. The molecule has 2 aromatic heterocycles. The fourth-order valence-electron chi connectivity index (χ4n) is 2.60. The summed E-state index contributed by atoms with van der Waals surface area (Å²) in [7, 11) is 4.32. The van der Waals surface area contributed by atoms with Crippen LogP contribution in [-0.4, -0.2) is 48.1 Å². The maximum absolute atomic E-state index is 4.50. The number of thiophene rings is 1. The molecule has 1 aliphatic heterocycles. The molecule has 2 aromatic rings. The normalized spacial score (nSPS) is 20.8. The summed E-state index contributed by atoms with van der Waals surface area (Å²) in [5.41, 5.74) is 0.